The molecule has 0 aliphatic carbocycles. The van der Waals surface area contributed by atoms with Crippen molar-refractivity contribution >= 4 is 11.9 Å². The number of halogens is 2. The smallest absolute Gasteiger partial charge is 0.338 e. The van der Waals surface area contributed by atoms with Crippen LogP contribution < -0.4 is 9.47 Å². The summed E-state index contributed by atoms with van der Waals surface area (Å²) in [6.45, 7) is 8.28. The van der Waals surface area contributed by atoms with E-state index in [4.69, 9.17) is 14.2 Å². The maximum absolute atomic E-state index is 14.0. The van der Waals surface area contributed by atoms with E-state index in [1.54, 1.807) is 60.7 Å². The topological polar surface area (TPSA) is 71.1 Å². The Kier molecular flexibility index (Phi) is 9.71. The van der Waals surface area contributed by atoms with Crippen LogP contribution in [0.25, 0.3) is 22.3 Å². The predicted octanol–water partition coefficient (Wildman–Crippen LogP) is 7.51. The van der Waals surface area contributed by atoms with Gasteiger partial charge in [-0.2, -0.15) is 0 Å². The third-order valence-corrected chi connectivity index (χ3v) is 5.03. The van der Waals surface area contributed by atoms with Crippen molar-refractivity contribution in [3.05, 3.63) is 122 Å². The second kappa shape index (κ2) is 13.4. The van der Waals surface area contributed by atoms with Gasteiger partial charge in [0, 0.05) is 17.2 Å². The summed E-state index contributed by atoms with van der Waals surface area (Å²) in [5.74, 6) is -0.286. The van der Waals surface area contributed by atoms with Crippen LogP contribution >= 0.6 is 0 Å². The zero-order valence-corrected chi connectivity index (χ0v) is 20.4. The molecule has 0 heterocycles. The van der Waals surface area contributed by atoms with Crippen molar-refractivity contribution in [1.29, 1.82) is 0 Å². The Bertz CT molecular complexity index is 1360. The number of hydrogen-bond acceptors (Lipinski definition) is 6. The molecule has 0 aliphatic heterocycles. The summed E-state index contributed by atoms with van der Waals surface area (Å²) >= 11 is 0. The highest BCUT2D eigenvalue weighted by Crippen LogP contribution is 2.35. The Hall–Kier alpha value is -4.98. The first-order valence-electron chi connectivity index (χ1n) is 11.2. The first-order chi connectivity index (χ1) is 18.3. The van der Waals surface area contributed by atoms with E-state index in [2.05, 4.69) is 17.9 Å². The molecule has 0 saturated carbocycles. The van der Waals surface area contributed by atoms with Crippen molar-refractivity contribution in [1.82, 2.24) is 0 Å². The molecule has 0 saturated heterocycles. The fourth-order valence-electron chi connectivity index (χ4n) is 3.17. The van der Waals surface area contributed by atoms with Crippen LogP contribution in [0.1, 0.15) is 18.9 Å². The van der Waals surface area contributed by atoms with E-state index in [1.807, 2.05) is 0 Å². The monoisotopic (exact) mass is 518 g/mol. The van der Waals surface area contributed by atoms with Gasteiger partial charge < -0.3 is 18.9 Å². The SMILES string of the molecule is C=CC(=O)O/C=C\Oc1ccc(-c2ccc(-c3ccc(O/C=C\OC(=O)C(=C)C)cc3)cc2C(F)F)cc1. The Labute approximate surface area is 218 Å². The molecule has 0 amide bonds. The quantitative estimate of drug-likeness (QED) is 0.149. The Morgan fingerprint density at radius 1 is 0.763 bits per heavy atom. The Balaban J connectivity index is 1.71. The first-order valence-corrected chi connectivity index (χ1v) is 11.2. The maximum atomic E-state index is 14.0. The lowest BCUT2D eigenvalue weighted by Crippen LogP contribution is -1.99. The van der Waals surface area contributed by atoms with E-state index < -0.39 is 18.4 Å². The van der Waals surface area contributed by atoms with Gasteiger partial charge in [-0.05, 0) is 59.5 Å². The van der Waals surface area contributed by atoms with E-state index in [0.717, 1.165) is 24.2 Å². The average molecular weight is 519 g/mol. The Morgan fingerprint density at radius 3 is 1.82 bits per heavy atom. The van der Waals surface area contributed by atoms with Gasteiger partial charge in [-0.25, -0.2) is 18.4 Å². The molecule has 0 unspecified atom stereocenters. The van der Waals surface area contributed by atoms with Crippen LogP contribution in [0.4, 0.5) is 8.78 Å². The molecule has 0 fully saturated rings. The molecule has 0 bridgehead atoms. The lowest BCUT2D eigenvalue weighted by Gasteiger charge is -2.13. The van der Waals surface area contributed by atoms with Crippen molar-refractivity contribution in [2.24, 2.45) is 0 Å². The summed E-state index contributed by atoms with van der Waals surface area (Å²) in [5.41, 5.74) is 2.45. The summed E-state index contributed by atoms with van der Waals surface area (Å²) in [7, 11) is 0. The van der Waals surface area contributed by atoms with Crippen LogP contribution in [0, 0.1) is 0 Å². The van der Waals surface area contributed by atoms with Crippen LogP contribution in [-0.4, -0.2) is 11.9 Å². The second-order valence-corrected chi connectivity index (χ2v) is 7.76. The zero-order valence-electron chi connectivity index (χ0n) is 20.4. The van der Waals surface area contributed by atoms with Gasteiger partial charge in [0.25, 0.3) is 6.43 Å². The van der Waals surface area contributed by atoms with E-state index >= 15 is 0 Å². The number of rotatable bonds is 11. The van der Waals surface area contributed by atoms with E-state index in [-0.39, 0.29) is 11.1 Å². The van der Waals surface area contributed by atoms with Gasteiger partial charge in [-0.1, -0.05) is 49.6 Å². The van der Waals surface area contributed by atoms with Crippen molar-refractivity contribution in [3.63, 3.8) is 0 Å². The number of esters is 2. The van der Waals surface area contributed by atoms with Crippen molar-refractivity contribution < 1.29 is 37.3 Å². The summed E-state index contributed by atoms with van der Waals surface area (Å²) < 4.78 is 48.1. The minimum Gasteiger partial charge on any atom is -0.462 e. The van der Waals surface area contributed by atoms with E-state index in [0.29, 0.717) is 28.2 Å². The van der Waals surface area contributed by atoms with Crippen LogP contribution in [0.15, 0.2) is 117 Å². The zero-order chi connectivity index (χ0) is 27.5. The number of hydrogen-bond donors (Lipinski definition) is 0. The molecule has 0 atom stereocenters. The highest BCUT2D eigenvalue weighted by Gasteiger charge is 2.16. The van der Waals surface area contributed by atoms with Crippen LogP contribution in [0.3, 0.4) is 0 Å². The molecule has 194 valence electrons. The molecule has 3 rings (SSSR count). The van der Waals surface area contributed by atoms with Crippen LogP contribution in [0.2, 0.25) is 0 Å². The van der Waals surface area contributed by atoms with Crippen molar-refractivity contribution in [2.75, 3.05) is 0 Å². The molecule has 3 aromatic rings. The molecule has 3 aromatic carbocycles. The molecule has 8 heteroatoms. The number of carbonyl (C=O) groups is 2. The van der Waals surface area contributed by atoms with Gasteiger partial charge in [0.05, 0.1) is 0 Å². The molecule has 0 radical (unpaired) electrons. The number of benzene rings is 3. The van der Waals surface area contributed by atoms with Crippen LogP contribution in [0.5, 0.6) is 11.5 Å². The van der Waals surface area contributed by atoms with E-state index in [9.17, 15) is 18.4 Å². The van der Waals surface area contributed by atoms with Gasteiger partial charge in [0.15, 0.2) is 0 Å². The van der Waals surface area contributed by atoms with Gasteiger partial charge in [-0.15, -0.1) is 0 Å². The largest absolute Gasteiger partial charge is 0.462 e. The molecule has 0 N–H and O–H groups in total. The van der Waals surface area contributed by atoms with Gasteiger partial charge in [0.1, 0.15) is 36.5 Å². The number of carbonyl (C=O) groups excluding carboxylic acids is 2. The fraction of sp³-hybridized carbons (Fsp3) is 0.0667. The molecule has 0 spiro atoms. The molecular weight excluding hydrogens is 494 g/mol. The average Bonchev–Trinajstić information content (AvgIpc) is 2.93. The van der Waals surface area contributed by atoms with Gasteiger partial charge in [0.2, 0.25) is 0 Å². The fourth-order valence-corrected chi connectivity index (χ4v) is 3.17. The van der Waals surface area contributed by atoms with Gasteiger partial charge >= 0.3 is 11.9 Å². The standard InChI is InChI=1S/C30H24F2O6/c1-4-28(33)37-17-15-35-25-12-7-22(8-13-25)26-14-9-23(19-27(26)29(31)32)21-5-10-24(11-6-21)36-16-18-38-30(34)20(2)3/h4-19,29H,1-2H2,3H3/b17-15-,18-16-. The third-order valence-electron chi connectivity index (χ3n) is 5.03. The number of ether oxygens (including phenoxy) is 4. The van der Waals surface area contributed by atoms with Crippen molar-refractivity contribution in [3.8, 4) is 33.8 Å². The van der Waals surface area contributed by atoms with Crippen molar-refractivity contribution in [2.45, 2.75) is 13.3 Å². The normalized spacial score (nSPS) is 10.9. The molecule has 0 aliphatic rings. The minimum absolute atomic E-state index is 0.116. The lowest BCUT2D eigenvalue weighted by molar-refractivity contribution is -0.134. The molecule has 0 aromatic heterocycles. The maximum Gasteiger partial charge on any atom is 0.338 e. The summed E-state index contributed by atoms with van der Waals surface area (Å²) in [6, 6.07) is 18.2. The van der Waals surface area contributed by atoms with E-state index in [1.165, 1.54) is 25.5 Å². The minimum atomic E-state index is -2.70. The first kappa shape index (κ1) is 27.6. The second-order valence-electron chi connectivity index (χ2n) is 7.76. The lowest BCUT2D eigenvalue weighted by atomic mass is 9.95. The summed E-state index contributed by atoms with van der Waals surface area (Å²) in [6.07, 6.45) is 2.89. The molecule has 6 nitrogen and oxygen atoms in total. The van der Waals surface area contributed by atoms with Gasteiger partial charge in [-0.3, -0.25) is 0 Å². The highest BCUT2D eigenvalue weighted by atomic mass is 19.3. The molecular formula is C30H24F2O6. The number of alkyl halides is 2. The third kappa shape index (κ3) is 7.76. The predicted molar refractivity (Wildman–Crippen MR) is 139 cm³/mol. The summed E-state index contributed by atoms with van der Waals surface area (Å²) in [4.78, 5) is 22.3. The Morgan fingerprint density at radius 2 is 1.29 bits per heavy atom. The van der Waals surface area contributed by atoms with Crippen LogP contribution in [-0.2, 0) is 19.1 Å². The highest BCUT2D eigenvalue weighted by molar-refractivity contribution is 5.87. The molecule has 38 heavy (non-hydrogen) atoms. The summed E-state index contributed by atoms with van der Waals surface area (Å²) in [5, 5.41) is 0.